The van der Waals surface area contributed by atoms with Gasteiger partial charge in [-0.25, -0.2) is 0 Å². The highest BCUT2D eigenvalue weighted by Crippen LogP contribution is 2.18. The Labute approximate surface area is 131 Å². The van der Waals surface area contributed by atoms with Gasteiger partial charge in [0.15, 0.2) is 0 Å². The van der Waals surface area contributed by atoms with E-state index in [9.17, 15) is 4.79 Å². The van der Waals surface area contributed by atoms with E-state index in [4.69, 9.17) is 4.74 Å². The quantitative estimate of drug-likeness (QED) is 0.846. The van der Waals surface area contributed by atoms with Gasteiger partial charge in [-0.3, -0.25) is 4.79 Å². The SMILES string of the molecule is O=C(C1CCCO1)N(Cc1ccccc1)Cc1ccccc1. The minimum atomic E-state index is -0.271. The Morgan fingerprint density at radius 3 is 1.95 bits per heavy atom. The molecule has 1 heterocycles. The van der Waals surface area contributed by atoms with Crippen LogP contribution < -0.4 is 0 Å². The lowest BCUT2D eigenvalue weighted by molar-refractivity contribution is -0.142. The first-order chi connectivity index (χ1) is 10.8. The molecule has 1 fully saturated rings. The molecule has 2 aromatic rings. The molecule has 3 heteroatoms. The van der Waals surface area contributed by atoms with Crippen molar-refractivity contribution in [3.8, 4) is 0 Å². The Morgan fingerprint density at radius 1 is 0.955 bits per heavy atom. The number of hydrogen-bond acceptors (Lipinski definition) is 2. The smallest absolute Gasteiger partial charge is 0.252 e. The third kappa shape index (κ3) is 3.74. The fourth-order valence-electron chi connectivity index (χ4n) is 2.80. The molecular formula is C19H21NO2. The molecule has 0 bridgehead atoms. The summed E-state index contributed by atoms with van der Waals surface area (Å²) >= 11 is 0. The van der Waals surface area contributed by atoms with Gasteiger partial charge in [0.1, 0.15) is 6.10 Å². The van der Waals surface area contributed by atoms with Gasteiger partial charge in [-0.1, -0.05) is 60.7 Å². The summed E-state index contributed by atoms with van der Waals surface area (Å²) in [6, 6.07) is 20.2. The molecule has 0 aliphatic carbocycles. The van der Waals surface area contributed by atoms with Crippen LogP contribution in [0.5, 0.6) is 0 Å². The molecule has 0 saturated carbocycles. The largest absolute Gasteiger partial charge is 0.368 e. The summed E-state index contributed by atoms with van der Waals surface area (Å²) in [4.78, 5) is 14.7. The Morgan fingerprint density at radius 2 is 1.50 bits per heavy atom. The number of rotatable bonds is 5. The maximum Gasteiger partial charge on any atom is 0.252 e. The van der Waals surface area contributed by atoms with Crippen molar-refractivity contribution in [3.05, 3.63) is 71.8 Å². The predicted octanol–water partition coefficient (Wildman–Crippen LogP) is 3.39. The third-order valence-electron chi connectivity index (χ3n) is 3.95. The number of ether oxygens (including phenoxy) is 1. The highest BCUT2D eigenvalue weighted by Gasteiger charge is 2.28. The van der Waals surface area contributed by atoms with Gasteiger partial charge in [0.05, 0.1) is 0 Å². The van der Waals surface area contributed by atoms with Gasteiger partial charge in [-0.15, -0.1) is 0 Å². The second-order valence-corrected chi connectivity index (χ2v) is 5.67. The van der Waals surface area contributed by atoms with Crippen LogP contribution in [-0.2, 0) is 22.6 Å². The van der Waals surface area contributed by atoms with Crippen LogP contribution in [0.25, 0.3) is 0 Å². The summed E-state index contributed by atoms with van der Waals surface area (Å²) in [5, 5.41) is 0. The van der Waals surface area contributed by atoms with Crippen molar-refractivity contribution in [3.63, 3.8) is 0 Å². The standard InChI is InChI=1S/C19H21NO2/c21-19(18-12-7-13-22-18)20(14-16-8-3-1-4-9-16)15-17-10-5-2-6-11-17/h1-6,8-11,18H,7,12-15H2. The fraction of sp³-hybridized carbons (Fsp3) is 0.316. The molecule has 1 amide bonds. The summed E-state index contributed by atoms with van der Waals surface area (Å²) in [5.41, 5.74) is 2.29. The van der Waals surface area contributed by atoms with Crippen molar-refractivity contribution in [2.24, 2.45) is 0 Å². The topological polar surface area (TPSA) is 29.5 Å². The van der Waals surface area contributed by atoms with E-state index in [0.717, 1.165) is 24.0 Å². The number of hydrogen-bond donors (Lipinski definition) is 0. The van der Waals surface area contributed by atoms with Gasteiger partial charge in [0.2, 0.25) is 0 Å². The molecule has 3 rings (SSSR count). The van der Waals surface area contributed by atoms with E-state index in [1.54, 1.807) is 0 Å². The molecular weight excluding hydrogens is 274 g/mol. The van der Waals surface area contributed by atoms with Crippen molar-refractivity contribution >= 4 is 5.91 Å². The second kappa shape index (κ2) is 7.23. The van der Waals surface area contributed by atoms with Crippen LogP contribution in [0, 0.1) is 0 Å². The lowest BCUT2D eigenvalue weighted by atomic mass is 10.1. The van der Waals surface area contributed by atoms with Gasteiger partial charge in [0.25, 0.3) is 5.91 Å². The van der Waals surface area contributed by atoms with E-state index in [0.29, 0.717) is 19.7 Å². The molecule has 114 valence electrons. The molecule has 1 saturated heterocycles. The van der Waals surface area contributed by atoms with Gasteiger partial charge in [-0.2, -0.15) is 0 Å². The maximum absolute atomic E-state index is 12.8. The van der Waals surface area contributed by atoms with Crippen molar-refractivity contribution in [1.29, 1.82) is 0 Å². The van der Waals surface area contributed by atoms with Gasteiger partial charge < -0.3 is 9.64 Å². The molecule has 3 nitrogen and oxygen atoms in total. The fourth-order valence-corrected chi connectivity index (χ4v) is 2.80. The number of amides is 1. The normalized spacial score (nSPS) is 17.4. The molecule has 0 spiro atoms. The first-order valence-corrected chi connectivity index (χ1v) is 7.81. The van der Waals surface area contributed by atoms with Crippen LogP contribution in [0.4, 0.5) is 0 Å². The monoisotopic (exact) mass is 295 g/mol. The van der Waals surface area contributed by atoms with E-state index < -0.39 is 0 Å². The van der Waals surface area contributed by atoms with Crippen molar-refractivity contribution < 1.29 is 9.53 Å². The average Bonchev–Trinajstić information content (AvgIpc) is 3.10. The Hall–Kier alpha value is -2.13. The van der Waals surface area contributed by atoms with Crippen molar-refractivity contribution in [2.75, 3.05) is 6.61 Å². The van der Waals surface area contributed by atoms with Crippen LogP contribution in [0.15, 0.2) is 60.7 Å². The highest BCUT2D eigenvalue weighted by molar-refractivity contribution is 5.81. The van der Waals surface area contributed by atoms with Crippen LogP contribution in [0.3, 0.4) is 0 Å². The molecule has 0 aromatic heterocycles. The summed E-state index contributed by atoms with van der Waals surface area (Å²) in [6.45, 7) is 1.93. The first-order valence-electron chi connectivity index (χ1n) is 7.81. The zero-order valence-corrected chi connectivity index (χ0v) is 12.7. The van der Waals surface area contributed by atoms with E-state index in [2.05, 4.69) is 24.3 Å². The minimum absolute atomic E-state index is 0.102. The molecule has 1 unspecified atom stereocenters. The van der Waals surface area contributed by atoms with E-state index in [1.807, 2.05) is 41.3 Å². The highest BCUT2D eigenvalue weighted by atomic mass is 16.5. The molecule has 2 aromatic carbocycles. The molecule has 1 aliphatic rings. The molecule has 22 heavy (non-hydrogen) atoms. The number of nitrogens with zero attached hydrogens (tertiary/aromatic N) is 1. The van der Waals surface area contributed by atoms with Crippen molar-refractivity contribution in [1.82, 2.24) is 4.90 Å². The predicted molar refractivity (Wildman–Crippen MR) is 86.1 cm³/mol. The third-order valence-corrected chi connectivity index (χ3v) is 3.95. The molecule has 1 aliphatic heterocycles. The van der Waals surface area contributed by atoms with Crippen LogP contribution in [0.2, 0.25) is 0 Å². The Bertz CT molecular complexity index is 550. The Kier molecular flexibility index (Phi) is 4.86. The van der Waals surface area contributed by atoms with E-state index >= 15 is 0 Å². The van der Waals surface area contributed by atoms with Gasteiger partial charge in [-0.05, 0) is 24.0 Å². The van der Waals surface area contributed by atoms with Crippen LogP contribution in [-0.4, -0.2) is 23.5 Å². The molecule has 0 radical (unpaired) electrons. The summed E-state index contributed by atoms with van der Waals surface area (Å²) in [6.07, 6.45) is 1.53. The zero-order valence-electron chi connectivity index (χ0n) is 12.7. The first kappa shape index (κ1) is 14.8. The van der Waals surface area contributed by atoms with Gasteiger partial charge in [0, 0.05) is 19.7 Å². The zero-order chi connectivity index (χ0) is 15.2. The Balaban J connectivity index is 1.76. The van der Waals surface area contributed by atoms with E-state index in [1.165, 1.54) is 0 Å². The van der Waals surface area contributed by atoms with Crippen LogP contribution >= 0.6 is 0 Å². The average molecular weight is 295 g/mol. The lowest BCUT2D eigenvalue weighted by Gasteiger charge is -2.25. The van der Waals surface area contributed by atoms with Gasteiger partial charge >= 0.3 is 0 Å². The molecule has 1 atom stereocenters. The minimum Gasteiger partial charge on any atom is -0.368 e. The molecule has 0 N–H and O–H groups in total. The maximum atomic E-state index is 12.8. The second-order valence-electron chi connectivity index (χ2n) is 5.67. The number of benzene rings is 2. The summed E-state index contributed by atoms with van der Waals surface area (Å²) < 4.78 is 5.58. The van der Waals surface area contributed by atoms with Crippen LogP contribution in [0.1, 0.15) is 24.0 Å². The summed E-state index contributed by atoms with van der Waals surface area (Å²) in [5.74, 6) is 0.102. The van der Waals surface area contributed by atoms with Crippen molar-refractivity contribution in [2.45, 2.75) is 32.0 Å². The number of carbonyl (C=O) groups is 1. The number of carbonyl (C=O) groups excluding carboxylic acids is 1. The lowest BCUT2D eigenvalue weighted by Crippen LogP contribution is -2.38. The summed E-state index contributed by atoms with van der Waals surface area (Å²) in [7, 11) is 0. The van der Waals surface area contributed by atoms with E-state index in [-0.39, 0.29) is 12.0 Å².